The Morgan fingerprint density at radius 1 is 1.15 bits per heavy atom. The summed E-state index contributed by atoms with van der Waals surface area (Å²) in [4.78, 5) is 23.6. The topological polar surface area (TPSA) is 76.7 Å². The Bertz CT molecular complexity index is 487. The zero-order valence-electron chi connectivity index (χ0n) is 11.5. The molecule has 1 heterocycles. The van der Waals surface area contributed by atoms with E-state index in [2.05, 4.69) is 10.6 Å². The van der Waals surface area contributed by atoms with Crippen molar-refractivity contribution in [1.82, 2.24) is 10.6 Å². The predicted octanol–water partition coefficient (Wildman–Crippen LogP) is 0.816. The summed E-state index contributed by atoms with van der Waals surface area (Å²) in [5, 5.41) is 4.88. The van der Waals surface area contributed by atoms with Crippen LogP contribution in [0.3, 0.4) is 0 Å². The highest BCUT2D eigenvalue weighted by molar-refractivity contribution is 6.07. The second kappa shape index (κ2) is 6.02. The molecule has 0 saturated carbocycles. The Balaban J connectivity index is 2.19. The van der Waals surface area contributed by atoms with Crippen LogP contribution in [0.25, 0.3) is 0 Å². The van der Waals surface area contributed by atoms with E-state index in [-0.39, 0.29) is 0 Å². The van der Waals surface area contributed by atoms with Crippen LogP contribution < -0.4 is 10.6 Å². The Hall–Kier alpha value is -1.92. The second-order valence-corrected chi connectivity index (χ2v) is 4.67. The van der Waals surface area contributed by atoms with Crippen molar-refractivity contribution in [2.45, 2.75) is 24.7 Å². The summed E-state index contributed by atoms with van der Waals surface area (Å²) >= 11 is 0. The lowest BCUT2D eigenvalue weighted by molar-refractivity contribution is -0.165. The summed E-state index contributed by atoms with van der Waals surface area (Å²) in [6.07, 6.45) is 0.177. The molecule has 0 aliphatic carbocycles. The van der Waals surface area contributed by atoms with Gasteiger partial charge >= 0.3 is 6.03 Å². The van der Waals surface area contributed by atoms with E-state index in [1.165, 1.54) is 14.2 Å². The molecule has 3 amide bonds. The van der Waals surface area contributed by atoms with Gasteiger partial charge in [0.25, 0.3) is 5.91 Å². The maximum absolute atomic E-state index is 12.1. The number of hydrogen-bond acceptors (Lipinski definition) is 4. The molecule has 1 aromatic rings. The summed E-state index contributed by atoms with van der Waals surface area (Å²) in [6, 6.07) is 9.20. The van der Waals surface area contributed by atoms with Crippen molar-refractivity contribution in [3.05, 3.63) is 35.9 Å². The molecule has 1 aliphatic rings. The van der Waals surface area contributed by atoms with Crippen molar-refractivity contribution in [3.63, 3.8) is 0 Å². The number of hydrogen-bond donors (Lipinski definition) is 2. The number of rotatable bonds is 6. The highest BCUT2D eigenvalue weighted by atomic mass is 16.7. The largest absolute Gasteiger partial charge is 0.353 e. The van der Waals surface area contributed by atoms with Gasteiger partial charge in [-0.2, -0.15) is 0 Å². The molecule has 1 saturated heterocycles. The summed E-state index contributed by atoms with van der Waals surface area (Å²) in [5.74, 6) is -0.424. The Morgan fingerprint density at radius 3 is 2.30 bits per heavy atom. The number of aryl methyl sites for hydroxylation is 1. The van der Waals surface area contributed by atoms with Crippen LogP contribution in [-0.4, -0.2) is 38.0 Å². The van der Waals surface area contributed by atoms with Gasteiger partial charge in [-0.05, 0) is 18.4 Å². The molecule has 0 aromatic heterocycles. The van der Waals surface area contributed by atoms with E-state index in [0.717, 1.165) is 5.56 Å². The van der Waals surface area contributed by atoms with E-state index in [1.807, 2.05) is 30.3 Å². The lowest BCUT2D eigenvalue weighted by Crippen LogP contribution is -2.58. The average Bonchev–Trinajstić information content (AvgIpc) is 2.74. The minimum Gasteiger partial charge on any atom is -0.353 e. The Morgan fingerprint density at radius 2 is 1.80 bits per heavy atom. The van der Waals surface area contributed by atoms with Crippen molar-refractivity contribution in [2.75, 3.05) is 14.2 Å². The number of ether oxygens (including phenoxy) is 2. The number of urea groups is 1. The summed E-state index contributed by atoms with van der Waals surface area (Å²) in [5.41, 5.74) is -0.122. The molecule has 0 spiro atoms. The van der Waals surface area contributed by atoms with Crippen molar-refractivity contribution in [1.29, 1.82) is 0 Å². The zero-order chi connectivity index (χ0) is 14.6. The zero-order valence-corrected chi connectivity index (χ0v) is 11.5. The van der Waals surface area contributed by atoms with E-state index in [9.17, 15) is 9.59 Å². The van der Waals surface area contributed by atoms with Gasteiger partial charge in [0.15, 0.2) is 11.8 Å². The van der Waals surface area contributed by atoms with Gasteiger partial charge in [0.1, 0.15) is 0 Å². The van der Waals surface area contributed by atoms with Crippen molar-refractivity contribution in [3.8, 4) is 0 Å². The highest BCUT2D eigenvalue weighted by Gasteiger charge is 2.52. The summed E-state index contributed by atoms with van der Waals surface area (Å²) in [7, 11) is 2.88. The molecular weight excluding hydrogens is 260 g/mol. The Labute approximate surface area is 117 Å². The van der Waals surface area contributed by atoms with E-state index in [1.54, 1.807) is 0 Å². The first kappa shape index (κ1) is 14.5. The van der Waals surface area contributed by atoms with Gasteiger partial charge in [-0.3, -0.25) is 10.1 Å². The van der Waals surface area contributed by atoms with Gasteiger partial charge in [0.2, 0.25) is 0 Å². The molecule has 1 atom stereocenters. The van der Waals surface area contributed by atoms with Crippen LogP contribution >= 0.6 is 0 Å². The molecule has 0 radical (unpaired) electrons. The molecule has 1 fully saturated rings. The number of nitrogens with one attached hydrogen (secondary N) is 2. The third kappa shape index (κ3) is 2.66. The van der Waals surface area contributed by atoms with Crippen LogP contribution in [0.5, 0.6) is 0 Å². The van der Waals surface area contributed by atoms with Gasteiger partial charge in [-0.1, -0.05) is 30.3 Å². The number of carbonyl (C=O) groups is 2. The number of methoxy groups -OCH3 is 2. The first-order valence-electron chi connectivity index (χ1n) is 6.35. The molecule has 1 unspecified atom stereocenters. The van der Waals surface area contributed by atoms with Gasteiger partial charge < -0.3 is 14.8 Å². The number of amides is 3. The van der Waals surface area contributed by atoms with Crippen LogP contribution in [0.4, 0.5) is 4.79 Å². The minimum absolute atomic E-state index is 0.390. The van der Waals surface area contributed by atoms with E-state index in [0.29, 0.717) is 12.8 Å². The quantitative estimate of drug-likeness (QED) is 0.596. The van der Waals surface area contributed by atoms with Crippen molar-refractivity contribution < 1.29 is 19.1 Å². The first-order chi connectivity index (χ1) is 9.62. The lowest BCUT2D eigenvalue weighted by Gasteiger charge is -2.32. The number of benzene rings is 1. The fourth-order valence-electron chi connectivity index (χ4n) is 2.45. The second-order valence-electron chi connectivity index (χ2n) is 4.67. The monoisotopic (exact) mass is 278 g/mol. The molecule has 0 bridgehead atoms. The van der Waals surface area contributed by atoms with Crippen LogP contribution in [0, 0.1) is 0 Å². The van der Waals surface area contributed by atoms with Crippen LogP contribution in [0.15, 0.2) is 30.3 Å². The first-order valence-corrected chi connectivity index (χ1v) is 6.35. The van der Waals surface area contributed by atoms with Crippen molar-refractivity contribution in [2.24, 2.45) is 0 Å². The fourth-order valence-corrected chi connectivity index (χ4v) is 2.45. The van der Waals surface area contributed by atoms with Crippen LogP contribution in [-0.2, 0) is 20.7 Å². The molecule has 1 aromatic carbocycles. The maximum Gasteiger partial charge on any atom is 0.322 e. The normalized spacial score (nSPS) is 21.9. The van der Waals surface area contributed by atoms with Crippen LogP contribution in [0.2, 0.25) is 0 Å². The SMILES string of the molecule is COC(OC)C1(CCc2ccccc2)NC(=O)NC1=O. The number of carbonyl (C=O) groups excluding carboxylic acids is 2. The molecule has 2 N–H and O–H groups in total. The average molecular weight is 278 g/mol. The summed E-state index contributed by atoms with van der Waals surface area (Å²) in [6.45, 7) is 0. The molecule has 6 heteroatoms. The smallest absolute Gasteiger partial charge is 0.322 e. The Kier molecular flexibility index (Phi) is 4.36. The molecule has 2 rings (SSSR count). The lowest BCUT2D eigenvalue weighted by atomic mass is 9.90. The van der Waals surface area contributed by atoms with Gasteiger partial charge in [-0.15, -0.1) is 0 Å². The molecule has 108 valence electrons. The third-order valence-corrected chi connectivity index (χ3v) is 3.45. The predicted molar refractivity (Wildman–Crippen MR) is 72.0 cm³/mol. The third-order valence-electron chi connectivity index (χ3n) is 3.45. The van der Waals surface area contributed by atoms with E-state index >= 15 is 0 Å². The molecular formula is C14H18N2O4. The highest BCUT2D eigenvalue weighted by Crippen LogP contribution is 2.25. The van der Waals surface area contributed by atoms with Gasteiger partial charge in [0, 0.05) is 14.2 Å². The maximum atomic E-state index is 12.1. The standard InChI is InChI=1S/C14H18N2O4/c1-19-12(20-2)14(11(17)15-13(18)16-14)9-8-10-6-4-3-5-7-10/h3-7,12H,8-9H2,1-2H3,(H2,15,16,17,18). The summed E-state index contributed by atoms with van der Waals surface area (Å²) < 4.78 is 10.4. The van der Waals surface area contributed by atoms with Crippen LogP contribution in [0.1, 0.15) is 12.0 Å². The van der Waals surface area contributed by atoms with Gasteiger partial charge in [-0.25, -0.2) is 4.79 Å². The van der Waals surface area contributed by atoms with E-state index < -0.39 is 23.8 Å². The van der Waals surface area contributed by atoms with Gasteiger partial charge in [0.05, 0.1) is 0 Å². The number of imide groups is 1. The van der Waals surface area contributed by atoms with E-state index in [4.69, 9.17) is 9.47 Å². The molecule has 6 nitrogen and oxygen atoms in total. The minimum atomic E-state index is -1.20. The molecule has 1 aliphatic heterocycles. The fraction of sp³-hybridized carbons (Fsp3) is 0.429. The molecule has 20 heavy (non-hydrogen) atoms. The van der Waals surface area contributed by atoms with Crippen molar-refractivity contribution >= 4 is 11.9 Å².